The summed E-state index contributed by atoms with van der Waals surface area (Å²) >= 11 is 0. The highest BCUT2D eigenvalue weighted by Gasteiger charge is 2.30. The van der Waals surface area contributed by atoms with Gasteiger partial charge in [-0.3, -0.25) is 4.79 Å². The van der Waals surface area contributed by atoms with E-state index in [-0.39, 0.29) is 6.42 Å². The maximum atomic E-state index is 10.6. The molecular formula is C20H31NO2. The van der Waals surface area contributed by atoms with Gasteiger partial charge in [0.15, 0.2) is 0 Å². The van der Waals surface area contributed by atoms with Crippen LogP contribution in [0.4, 0.5) is 5.69 Å². The second kappa shape index (κ2) is 7.85. The lowest BCUT2D eigenvalue weighted by Crippen LogP contribution is -2.30. The normalized spacial score (nSPS) is 25.8. The standard InChI is InChI=1S/C20H31NO2/c1-15-10-12-20(3,13-11-15)14-16(2)21-18-7-4-17(5-8-18)6-9-19(22)23/h4-5,7-8,15-16,21H,6,9-14H2,1-3H3,(H,22,23). The Labute approximate surface area is 140 Å². The number of carboxylic acid groups (broad SMARTS) is 1. The Bertz CT molecular complexity index is 501. The van der Waals surface area contributed by atoms with E-state index in [4.69, 9.17) is 5.11 Å². The zero-order valence-electron chi connectivity index (χ0n) is 14.8. The number of hydrogen-bond donors (Lipinski definition) is 2. The molecule has 0 spiro atoms. The van der Waals surface area contributed by atoms with Gasteiger partial charge in [0.2, 0.25) is 0 Å². The zero-order valence-corrected chi connectivity index (χ0v) is 14.8. The van der Waals surface area contributed by atoms with Gasteiger partial charge in [0.25, 0.3) is 0 Å². The Hall–Kier alpha value is -1.51. The summed E-state index contributed by atoms with van der Waals surface area (Å²) in [5.41, 5.74) is 2.68. The fourth-order valence-corrected chi connectivity index (χ4v) is 3.76. The van der Waals surface area contributed by atoms with Gasteiger partial charge in [-0.2, -0.15) is 0 Å². The molecule has 128 valence electrons. The summed E-state index contributed by atoms with van der Waals surface area (Å²) in [5, 5.41) is 12.3. The average molecular weight is 317 g/mol. The van der Waals surface area contributed by atoms with Crippen LogP contribution in [0.3, 0.4) is 0 Å². The largest absolute Gasteiger partial charge is 0.481 e. The quantitative estimate of drug-likeness (QED) is 0.734. The highest BCUT2D eigenvalue weighted by atomic mass is 16.4. The molecule has 3 nitrogen and oxygen atoms in total. The molecule has 1 aliphatic rings. The van der Waals surface area contributed by atoms with Crippen LogP contribution in [0.25, 0.3) is 0 Å². The molecule has 0 saturated heterocycles. The van der Waals surface area contributed by atoms with Gasteiger partial charge in [0, 0.05) is 18.2 Å². The van der Waals surface area contributed by atoms with Gasteiger partial charge in [-0.15, -0.1) is 0 Å². The molecule has 3 heteroatoms. The van der Waals surface area contributed by atoms with E-state index >= 15 is 0 Å². The molecule has 0 radical (unpaired) electrons. The number of nitrogens with one attached hydrogen (secondary N) is 1. The molecule has 1 saturated carbocycles. The highest BCUT2D eigenvalue weighted by molar-refractivity contribution is 5.67. The van der Waals surface area contributed by atoms with Gasteiger partial charge >= 0.3 is 5.97 Å². The number of aryl methyl sites for hydroxylation is 1. The van der Waals surface area contributed by atoms with E-state index in [0.29, 0.717) is 17.9 Å². The molecule has 0 aliphatic heterocycles. The van der Waals surface area contributed by atoms with Crippen LogP contribution in [0.1, 0.15) is 64.9 Å². The van der Waals surface area contributed by atoms with Gasteiger partial charge in [0.1, 0.15) is 0 Å². The summed E-state index contributed by atoms with van der Waals surface area (Å²) in [4.78, 5) is 10.6. The smallest absolute Gasteiger partial charge is 0.303 e. The minimum absolute atomic E-state index is 0.194. The average Bonchev–Trinajstić information content (AvgIpc) is 2.49. The van der Waals surface area contributed by atoms with E-state index in [2.05, 4.69) is 38.2 Å². The molecule has 0 bridgehead atoms. The van der Waals surface area contributed by atoms with E-state index in [0.717, 1.165) is 17.2 Å². The Morgan fingerprint density at radius 2 is 1.91 bits per heavy atom. The minimum Gasteiger partial charge on any atom is -0.481 e. The fraction of sp³-hybridized carbons (Fsp3) is 0.650. The van der Waals surface area contributed by atoms with Crippen molar-refractivity contribution in [2.75, 3.05) is 5.32 Å². The highest BCUT2D eigenvalue weighted by Crippen LogP contribution is 2.42. The molecule has 1 aromatic rings. The molecule has 0 aromatic heterocycles. The van der Waals surface area contributed by atoms with Crippen molar-refractivity contribution in [2.45, 2.75) is 71.8 Å². The van der Waals surface area contributed by atoms with Crippen molar-refractivity contribution in [3.8, 4) is 0 Å². The van der Waals surface area contributed by atoms with E-state index in [1.807, 2.05) is 12.1 Å². The number of carbonyl (C=O) groups is 1. The van der Waals surface area contributed by atoms with Crippen molar-refractivity contribution in [3.05, 3.63) is 29.8 Å². The summed E-state index contributed by atoms with van der Waals surface area (Å²) in [5.74, 6) is 0.153. The number of hydrogen-bond acceptors (Lipinski definition) is 2. The van der Waals surface area contributed by atoms with E-state index in [1.165, 1.54) is 32.1 Å². The first kappa shape index (κ1) is 17.8. The van der Waals surface area contributed by atoms with Crippen LogP contribution in [0.2, 0.25) is 0 Å². The van der Waals surface area contributed by atoms with Gasteiger partial charge < -0.3 is 10.4 Å². The molecule has 1 aromatic carbocycles. The van der Waals surface area contributed by atoms with Crippen LogP contribution >= 0.6 is 0 Å². The van der Waals surface area contributed by atoms with Gasteiger partial charge in [-0.05, 0) is 61.6 Å². The van der Waals surface area contributed by atoms with Crippen molar-refractivity contribution < 1.29 is 9.90 Å². The lowest BCUT2D eigenvalue weighted by molar-refractivity contribution is -0.136. The Balaban J connectivity index is 1.82. The maximum absolute atomic E-state index is 10.6. The van der Waals surface area contributed by atoms with Gasteiger partial charge in [0.05, 0.1) is 0 Å². The van der Waals surface area contributed by atoms with Gasteiger partial charge in [-0.25, -0.2) is 0 Å². The predicted molar refractivity (Wildman–Crippen MR) is 95.8 cm³/mol. The first-order chi connectivity index (χ1) is 10.9. The number of rotatable bonds is 7. The lowest BCUT2D eigenvalue weighted by Gasteiger charge is -2.38. The van der Waals surface area contributed by atoms with Crippen molar-refractivity contribution in [3.63, 3.8) is 0 Å². The zero-order chi connectivity index (χ0) is 16.9. The van der Waals surface area contributed by atoms with Gasteiger partial charge in [-0.1, -0.05) is 38.8 Å². The maximum Gasteiger partial charge on any atom is 0.303 e. The Morgan fingerprint density at radius 3 is 2.48 bits per heavy atom. The lowest BCUT2D eigenvalue weighted by atomic mass is 9.69. The van der Waals surface area contributed by atoms with E-state index in [1.54, 1.807) is 0 Å². The summed E-state index contributed by atoms with van der Waals surface area (Å²) in [6.45, 7) is 7.07. The molecule has 1 aliphatic carbocycles. The molecule has 2 rings (SSSR count). The van der Waals surface area contributed by atoms with Crippen LogP contribution in [-0.4, -0.2) is 17.1 Å². The third kappa shape index (κ3) is 5.89. The van der Waals surface area contributed by atoms with Crippen molar-refractivity contribution >= 4 is 11.7 Å². The minimum atomic E-state index is -0.740. The molecular weight excluding hydrogens is 286 g/mol. The summed E-state index contributed by atoms with van der Waals surface area (Å²) < 4.78 is 0. The predicted octanol–water partition coefficient (Wildman–Crippen LogP) is 5.11. The second-order valence-corrected chi connectivity index (χ2v) is 7.83. The van der Waals surface area contributed by atoms with Crippen LogP contribution < -0.4 is 5.32 Å². The molecule has 1 unspecified atom stereocenters. The van der Waals surface area contributed by atoms with E-state index < -0.39 is 5.97 Å². The van der Waals surface area contributed by atoms with Crippen LogP contribution in [-0.2, 0) is 11.2 Å². The topological polar surface area (TPSA) is 49.3 Å². The summed E-state index contributed by atoms with van der Waals surface area (Å²) in [7, 11) is 0. The monoisotopic (exact) mass is 317 g/mol. The molecule has 1 atom stereocenters. The van der Waals surface area contributed by atoms with Crippen molar-refractivity contribution in [2.24, 2.45) is 11.3 Å². The first-order valence-electron chi connectivity index (χ1n) is 8.93. The third-order valence-electron chi connectivity index (χ3n) is 5.27. The fourth-order valence-electron chi connectivity index (χ4n) is 3.76. The summed E-state index contributed by atoms with van der Waals surface area (Å²) in [6.07, 6.45) is 7.41. The van der Waals surface area contributed by atoms with Crippen molar-refractivity contribution in [1.29, 1.82) is 0 Å². The van der Waals surface area contributed by atoms with Crippen molar-refractivity contribution in [1.82, 2.24) is 0 Å². The number of carboxylic acids is 1. The number of anilines is 1. The molecule has 0 amide bonds. The van der Waals surface area contributed by atoms with E-state index in [9.17, 15) is 4.79 Å². The SMILES string of the molecule is CC1CCC(C)(CC(C)Nc2ccc(CCC(=O)O)cc2)CC1. The Kier molecular flexibility index (Phi) is 6.09. The number of benzene rings is 1. The summed E-state index contributed by atoms with van der Waals surface area (Å²) in [6, 6.07) is 8.65. The third-order valence-corrected chi connectivity index (χ3v) is 5.27. The molecule has 0 heterocycles. The second-order valence-electron chi connectivity index (χ2n) is 7.83. The van der Waals surface area contributed by atoms with Crippen LogP contribution in [0.5, 0.6) is 0 Å². The Morgan fingerprint density at radius 1 is 1.30 bits per heavy atom. The molecule has 2 N–H and O–H groups in total. The first-order valence-corrected chi connectivity index (χ1v) is 8.93. The molecule has 1 fully saturated rings. The van der Waals surface area contributed by atoms with Crippen LogP contribution in [0, 0.1) is 11.3 Å². The molecule has 23 heavy (non-hydrogen) atoms. The van der Waals surface area contributed by atoms with Crippen LogP contribution in [0.15, 0.2) is 24.3 Å². The number of aliphatic carboxylic acids is 1.